The highest BCUT2D eigenvalue weighted by atomic mass is 79.9. The summed E-state index contributed by atoms with van der Waals surface area (Å²) in [6, 6.07) is 43.2. The van der Waals surface area contributed by atoms with Crippen LogP contribution in [0.4, 0.5) is 0 Å². The molecule has 6 aromatic carbocycles. The number of aliphatic hydroxyl groups is 1. The molecule has 0 aromatic heterocycles. The minimum absolute atomic E-state index is 0.0956. The number of fused-ring (bicyclic) bond motifs is 2. The van der Waals surface area contributed by atoms with Crippen LogP contribution in [0.3, 0.4) is 0 Å². The van der Waals surface area contributed by atoms with Crippen LogP contribution in [0, 0.1) is 0 Å². The van der Waals surface area contributed by atoms with Gasteiger partial charge < -0.3 is 43.0 Å². The van der Waals surface area contributed by atoms with Gasteiger partial charge in [0.15, 0.2) is 18.4 Å². The molecule has 10 nitrogen and oxygen atoms in total. The van der Waals surface area contributed by atoms with Gasteiger partial charge in [0.05, 0.1) is 60.8 Å². The largest absolute Gasteiger partial charge is 0.497 e. The highest BCUT2D eigenvalue weighted by Crippen LogP contribution is 2.53. The Balaban J connectivity index is 0.000000149. The smallest absolute Gasteiger partial charge is 0.184 e. The Morgan fingerprint density at radius 1 is 0.538 bits per heavy atom. The normalized spacial score (nSPS) is 20.3. The van der Waals surface area contributed by atoms with Crippen molar-refractivity contribution in [2.24, 2.45) is 0 Å². The van der Waals surface area contributed by atoms with Crippen molar-refractivity contribution in [1.29, 1.82) is 0 Å². The molecule has 0 saturated carbocycles. The van der Waals surface area contributed by atoms with E-state index in [9.17, 15) is 9.90 Å². The van der Waals surface area contributed by atoms with E-state index >= 15 is 0 Å². The molecule has 4 aliphatic heterocycles. The molecule has 2 saturated heterocycles. The van der Waals surface area contributed by atoms with Gasteiger partial charge >= 0.3 is 0 Å². The average Bonchev–Trinajstić information content (AvgIpc) is 4.12. The Morgan fingerprint density at radius 2 is 0.985 bits per heavy atom. The number of methoxy groups -OCH3 is 4. The molecule has 6 aromatic rings. The zero-order valence-corrected chi connectivity index (χ0v) is 39.8. The third-order valence-electron chi connectivity index (χ3n) is 11.7. The molecule has 338 valence electrons. The molecule has 4 aliphatic rings. The number of rotatable bonds is 9. The van der Waals surface area contributed by atoms with E-state index in [2.05, 4.69) is 15.9 Å². The van der Waals surface area contributed by atoms with E-state index < -0.39 is 5.60 Å². The number of halogens is 1. The van der Waals surface area contributed by atoms with Crippen molar-refractivity contribution in [2.45, 2.75) is 39.8 Å². The molecule has 0 radical (unpaired) electrons. The number of hydrogen-bond acceptors (Lipinski definition) is 12. The molecular formula is C52H51BrO10S2. The summed E-state index contributed by atoms with van der Waals surface area (Å²) in [5.74, 6) is 4.61. The Kier molecular flexibility index (Phi) is 15.6. The third-order valence-corrected chi connectivity index (χ3v) is 14.6. The highest BCUT2D eigenvalue weighted by Gasteiger charge is 2.46. The number of Topliss-reactive ketones (excluding diaryl/α,β-unsaturated/α-hetero) is 1. The van der Waals surface area contributed by atoms with Gasteiger partial charge in [-0.3, -0.25) is 4.79 Å². The van der Waals surface area contributed by atoms with Gasteiger partial charge in [0.25, 0.3) is 0 Å². The molecule has 4 heterocycles. The molecule has 10 rings (SSSR count). The number of benzene rings is 6. The van der Waals surface area contributed by atoms with Crippen LogP contribution in [0.25, 0.3) is 0 Å². The second-order valence-corrected chi connectivity index (χ2v) is 18.5. The monoisotopic (exact) mass is 978 g/mol. The van der Waals surface area contributed by atoms with Gasteiger partial charge in [-0.2, -0.15) is 0 Å². The van der Waals surface area contributed by atoms with Crippen LogP contribution in [0.1, 0.15) is 68.2 Å². The van der Waals surface area contributed by atoms with Gasteiger partial charge in [-0.25, -0.2) is 0 Å². The third kappa shape index (κ3) is 10.6. The van der Waals surface area contributed by atoms with Gasteiger partial charge in [-0.15, -0.1) is 23.5 Å². The van der Waals surface area contributed by atoms with Crippen molar-refractivity contribution in [3.63, 3.8) is 0 Å². The van der Waals surface area contributed by atoms with Crippen molar-refractivity contribution in [3.05, 3.63) is 177 Å². The van der Waals surface area contributed by atoms with Gasteiger partial charge in [0.2, 0.25) is 0 Å². The lowest BCUT2D eigenvalue weighted by Crippen LogP contribution is -2.39. The maximum atomic E-state index is 12.7. The maximum Gasteiger partial charge on any atom is 0.184 e. The van der Waals surface area contributed by atoms with Crippen molar-refractivity contribution >= 4 is 45.2 Å². The van der Waals surface area contributed by atoms with Crippen molar-refractivity contribution in [2.75, 3.05) is 66.4 Å². The fourth-order valence-electron chi connectivity index (χ4n) is 8.16. The first-order chi connectivity index (χ1) is 31.7. The summed E-state index contributed by atoms with van der Waals surface area (Å²) in [5, 5.41) is 12.4. The number of ether oxygens (including phenoxy) is 8. The fraction of sp³-hybridized carbons (Fsp3) is 0.288. The number of thioether (sulfide) groups is 2. The molecule has 0 spiro atoms. The summed E-state index contributed by atoms with van der Waals surface area (Å²) in [5.41, 5.74) is 5.45. The number of carbonyl (C=O) groups excluding carboxylic acids is 1. The Bertz CT molecular complexity index is 2510. The van der Waals surface area contributed by atoms with E-state index in [-0.39, 0.29) is 30.2 Å². The first-order valence-corrected chi connectivity index (χ1v) is 24.0. The predicted octanol–water partition coefficient (Wildman–Crippen LogP) is 11.1. The van der Waals surface area contributed by atoms with Crippen molar-refractivity contribution < 1.29 is 47.8 Å². The SMILES string of the molecule is Brc1ccc(C2OCCO2)cc1.COc1ccc(C2CSc3cc(OC)ccc3C2(O)c2ccc(C3OCCO3)cc2)cc1.COc1ccc(C2CSc3cc(OC)ccc3C2=O)cc1. The van der Waals surface area contributed by atoms with E-state index in [1.165, 1.54) is 0 Å². The summed E-state index contributed by atoms with van der Waals surface area (Å²) in [6.07, 6.45) is -0.493. The van der Waals surface area contributed by atoms with Crippen LogP contribution >= 0.6 is 39.5 Å². The first kappa shape index (κ1) is 46.7. The van der Waals surface area contributed by atoms with Crippen LogP contribution < -0.4 is 18.9 Å². The first-order valence-electron chi connectivity index (χ1n) is 21.2. The standard InChI is InChI=1S/C26H26O5S.C17H16O3S.C9H9BrO2/c1-28-20-9-5-17(6-10-20)23-16-32-24-15-21(29-2)11-12-22(24)26(23,27)19-7-3-18(4-8-19)25-30-13-14-31-25;1-19-12-5-3-11(4-6-12)15-10-21-16-9-13(20-2)7-8-14(16)17(15)18;10-8-3-1-7(2-4-8)9-11-5-6-12-9/h3-12,15,23,25,27H,13-14,16H2,1-2H3;3-9,15H,10H2,1-2H3;1-4,9H,5-6H2. The van der Waals surface area contributed by atoms with Crippen LogP contribution in [-0.4, -0.2) is 77.3 Å². The van der Waals surface area contributed by atoms with Gasteiger partial charge in [0, 0.05) is 53.9 Å². The molecule has 0 amide bonds. The Morgan fingerprint density at radius 3 is 1.52 bits per heavy atom. The van der Waals surface area contributed by atoms with E-state index in [1.54, 1.807) is 52.0 Å². The zero-order chi connectivity index (χ0) is 45.3. The quantitative estimate of drug-likeness (QED) is 0.149. The number of ketones is 1. The number of carbonyl (C=O) groups is 1. The maximum absolute atomic E-state index is 12.7. The lowest BCUT2D eigenvalue weighted by Gasteiger charge is -2.42. The molecule has 0 aliphatic carbocycles. The molecule has 2 fully saturated rings. The van der Waals surface area contributed by atoms with E-state index in [0.717, 1.165) is 87.7 Å². The van der Waals surface area contributed by atoms with Crippen molar-refractivity contribution in [1.82, 2.24) is 0 Å². The number of hydrogen-bond donors (Lipinski definition) is 1. The van der Waals surface area contributed by atoms with Crippen LogP contribution in [0.15, 0.2) is 148 Å². The van der Waals surface area contributed by atoms with Gasteiger partial charge in [-0.1, -0.05) is 82.7 Å². The minimum Gasteiger partial charge on any atom is -0.497 e. The summed E-state index contributed by atoms with van der Waals surface area (Å²) >= 11 is 6.82. The van der Waals surface area contributed by atoms with Crippen molar-refractivity contribution in [3.8, 4) is 23.0 Å². The molecule has 65 heavy (non-hydrogen) atoms. The lowest BCUT2D eigenvalue weighted by molar-refractivity contribution is -0.0443. The summed E-state index contributed by atoms with van der Waals surface area (Å²) in [6.45, 7) is 2.59. The molecule has 3 unspecified atom stereocenters. The second-order valence-electron chi connectivity index (χ2n) is 15.4. The summed E-state index contributed by atoms with van der Waals surface area (Å²) in [7, 11) is 6.59. The van der Waals surface area contributed by atoms with Crippen LogP contribution in [0.2, 0.25) is 0 Å². The predicted molar refractivity (Wildman–Crippen MR) is 256 cm³/mol. The summed E-state index contributed by atoms with van der Waals surface area (Å²) in [4.78, 5) is 14.7. The van der Waals surface area contributed by atoms with Crippen LogP contribution in [0.5, 0.6) is 23.0 Å². The molecule has 3 atom stereocenters. The van der Waals surface area contributed by atoms with Crippen LogP contribution in [-0.2, 0) is 24.5 Å². The van der Waals surface area contributed by atoms with E-state index in [0.29, 0.717) is 26.4 Å². The second kappa shape index (κ2) is 21.6. The fourth-order valence-corrected chi connectivity index (χ4v) is 11.0. The molecule has 0 bridgehead atoms. The topological polar surface area (TPSA) is 111 Å². The van der Waals surface area contributed by atoms with E-state index in [1.807, 2.05) is 133 Å². The molecule has 1 N–H and O–H groups in total. The van der Waals surface area contributed by atoms with Gasteiger partial charge in [-0.05, 0) is 83.4 Å². The average molecular weight is 980 g/mol. The zero-order valence-electron chi connectivity index (χ0n) is 36.6. The lowest BCUT2D eigenvalue weighted by atomic mass is 9.73. The minimum atomic E-state index is -1.20. The highest BCUT2D eigenvalue weighted by molar-refractivity contribution is 9.10. The van der Waals surface area contributed by atoms with E-state index in [4.69, 9.17) is 37.9 Å². The molecular weight excluding hydrogens is 929 g/mol. The summed E-state index contributed by atoms with van der Waals surface area (Å²) < 4.78 is 44.1. The molecule has 13 heteroatoms. The van der Waals surface area contributed by atoms with Gasteiger partial charge in [0.1, 0.15) is 28.6 Å². The Labute approximate surface area is 397 Å². The Hall–Kier alpha value is -4.83.